The van der Waals surface area contributed by atoms with E-state index in [9.17, 15) is 0 Å². The molecule has 1 N–H and O–H groups in total. The van der Waals surface area contributed by atoms with Crippen LogP contribution in [0.5, 0.6) is 0 Å². The van der Waals surface area contributed by atoms with Gasteiger partial charge in [-0.05, 0) is 61.6 Å². The maximum atomic E-state index is 4.20. The lowest BCUT2D eigenvalue weighted by atomic mass is 10.1. The van der Waals surface area contributed by atoms with Crippen LogP contribution in [0, 0.1) is 18.8 Å². The first-order chi connectivity index (χ1) is 7.84. The number of aromatic nitrogens is 1. The molecule has 0 unspecified atom stereocenters. The first kappa shape index (κ1) is 10.3. The number of aryl methyl sites for hydroxylation is 1. The van der Waals surface area contributed by atoms with Gasteiger partial charge < -0.3 is 5.32 Å². The Balaban J connectivity index is 1.60. The van der Waals surface area contributed by atoms with Gasteiger partial charge in [-0.25, -0.2) is 0 Å². The minimum Gasteiger partial charge on any atom is -0.309 e. The molecule has 0 saturated heterocycles. The van der Waals surface area contributed by atoms with E-state index in [1.807, 2.05) is 12.4 Å². The fraction of sp³-hybridized carbons (Fsp3) is 0.643. The predicted molar refractivity (Wildman–Crippen MR) is 65.0 cm³/mol. The molecule has 0 bridgehead atoms. The van der Waals surface area contributed by atoms with Crippen LogP contribution in [0.3, 0.4) is 0 Å². The smallest absolute Gasteiger partial charge is 0.0315 e. The van der Waals surface area contributed by atoms with Crippen LogP contribution in [-0.4, -0.2) is 11.0 Å². The second-order valence-electron chi connectivity index (χ2n) is 5.38. The monoisotopic (exact) mass is 216 g/mol. The van der Waals surface area contributed by atoms with Crippen LogP contribution in [0.2, 0.25) is 0 Å². The summed E-state index contributed by atoms with van der Waals surface area (Å²) in [6.07, 6.45) is 9.65. The molecule has 2 saturated carbocycles. The molecular weight excluding hydrogens is 196 g/mol. The summed E-state index contributed by atoms with van der Waals surface area (Å²) in [6, 6.07) is 2.89. The molecule has 1 heterocycles. The highest BCUT2D eigenvalue weighted by molar-refractivity contribution is 5.21. The van der Waals surface area contributed by atoms with Gasteiger partial charge in [-0.15, -0.1) is 0 Å². The standard InChI is InChI=1S/C14H20N2/c1-10-6-7-15-8-13(10)9-16-14(11-2-3-11)12-4-5-12/h6-8,11-12,14,16H,2-5,9H2,1H3. The Hall–Kier alpha value is -0.890. The Morgan fingerprint density at radius 1 is 1.31 bits per heavy atom. The number of hydrogen-bond donors (Lipinski definition) is 1. The summed E-state index contributed by atoms with van der Waals surface area (Å²) in [6.45, 7) is 3.17. The van der Waals surface area contributed by atoms with E-state index < -0.39 is 0 Å². The van der Waals surface area contributed by atoms with Crippen LogP contribution < -0.4 is 5.32 Å². The average molecular weight is 216 g/mol. The molecule has 0 atom stereocenters. The maximum Gasteiger partial charge on any atom is 0.0315 e. The molecule has 0 radical (unpaired) electrons. The van der Waals surface area contributed by atoms with Gasteiger partial charge in [0.05, 0.1) is 0 Å². The minimum atomic E-state index is 0.791. The van der Waals surface area contributed by atoms with Crippen molar-refractivity contribution in [1.82, 2.24) is 10.3 Å². The van der Waals surface area contributed by atoms with Crippen molar-refractivity contribution in [3.63, 3.8) is 0 Å². The number of hydrogen-bond acceptors (Lipinski definition) is 2. The van der Waals surface area contributed by atoms with Crippen LogP contribution >= 0.6 is 0 Å². The summed E-state index contributed by atoms with van der Waals surface area (Å²) in [5, 5.41) is 3.76. The van der Waals surface area contributed by atoms with E-state index >= 15 is 0 Å². The van der Waals surface area contributed by atoms with Gasteiger partial charge in [0, 0.05) is 25.0 Å². The van der Waals surface area contributed by atoms with E-state index in [0.717, 1.165) is 24.4 Å². The van der Waals surface area contributed by atoms with Crippen molar-refractivity contribution in [2.75, 3.05) is 0 Å². The van der Waals surface area contributed by atoms with Crippen molar-refractivity contribution >= 4 is 0 Å². The lowest BCUT2D eigenvalue weighted by Crippen LogP contribution is -2.32. The molecule has 2 fully saturated rings. The zero-order valence-electron chi connectivity index (χ0n) is 9.95. The fourth-order valence-electron chi connectivity index (χ4n) is 2.54. The van der Waals surface area contributed by atoms with Crippen molar-refractivity contribution in [3.8, 4) is 0 Å². The molecule has 1 aromatic heterocycles. The molecule has 2 aliphatic rings. The highest BCUT2D eigenvalue weighted by Gasteiger charge is 2.40. The van der Waals surface area contributed by atoms with Gasteiger partial charge in [-0.3, -0.25) is 4.98 Å². The van der Waals surface area contributed by atoms with Crippen molar-refractivity contribution in [3.05, 3.63) is 29.6 Å². The maximum absolute atomic E-state index is 4.20. The molecule has 16 heavy (non-hydrogen) atoms. The SMILES string of the molecule is Cc1ccncc1CNC(C1CC1)C1CC1. The first-order valence-corrected chi connectivity index (χ1v) is 6.47. The Kier molecular flexibility index (Phi) is 2.68. The minimum absolute atomic E-state index is 0.791. The predicted octanol–water partition coefficient (Wildman–Crippen LogP) is 2.67. The zero-order chi connectivity index (χ0) is 11.0. The zero-order valence-corrected chi connectivity index (χ0v) is 9.95. The highest BCUT2D eigenvalue weighted by Crippen LogP contribution is 2.44. The number of nitrogens with one attached hydrogen (secondary N) is 1. The van der Waals surface area contributed by atoms with Crippen LogP contribution in [0.25, 0.3) is 0 Å². The molecule has 2 nitrogen and oxygen atoms in total. The molecule has 1 aromatic rings. The van der Waals surface area contributed by atoms with Gasteiger partial charge in [0.25, 0.3) is 0 Å². The van der Waals surface area contributed by atoms with Gasteiger partial charge in [-0.2, -0.15) is 0 Å². The second kappa shape index (κ2) is 4.17. The van der Waals surface area contributed by atoms with E-state index in [4.69, 9.17) is 0 Å². The summed E-state index contributed by atoms with van der Waals surface area (Å²) < 4.78 is 0. The van der Waals surface area contributed by atoms with Gasteiger partial charge in [0.15, 0.2) is 0 Å². The molecular formula is C14H20N2. The van der Waals surface area contributed by atoms with Crippen molar-refractivity contribution in [2.45, 2.75) is 45.2 Å². The van der Waals surface area contributed by atoms with Crippen molar-refractivity contribution < 1.29 is 0 Å². The number of nitrogens with zero attached hydrogens (tertiary/aromatic N) is 1. The summed E-state index contributed by atoms with van der Waals surface area (Å²) in [7, 11) is 0. The Labute approximate surface area is 97.5 Å². The van der Waals surface area contributed by atoms with Gasteiger partial charge >= 0.3 is 0 Å². The van der Waals surface area contributed by atoms with Gasteiger partial charge in [0.2, 0.25) is 0 Å². The van der Waals surface area contributed by atoms with Crippen LogP contribution in [0.4, 0.5) is 0 Å². The molecule has 0 aliphatic heterocycles. The third kappa shape index (κ3) is 2.27. The Morgan fingerprint density at radius 2 is 2.00 bits per heavy atom. The van der Waals surface area contributed by atoms with Gasteiger partial charge in [-0.1, -0.05) is 0 Å². The first-order valence-electron chi connectivity index (χ1n) is 6.47. The molecule has 3 rings (SSSR count). The normalized spacial score (nSPS) is 20.4. The lowest BCUT2D eigenvalue weighted by molar-refractivity contribution is 0.415. The molecule has 86 valence electrons. The summed E-state index contributed by atoms with van der Waals surface area (Å²) in [5.74, 6) is 1.95. The van der Waals surface area contributed by atoms with E-state index in [0.29, 0.717) is 0 Å². The second-order valence-corrected chi connectivity index (χ2v) is 5.38. The topological polar surface area (TPSA) is 24.9 Å². The average Bonchev–Trinajstić information content (AvgIpc) is 3.15. The molecule has 0 spiro atoms. The third-order valence-electron chi connectivity index (χ3n) is 3.94. The van der Waals surface area contributed by atoms with Crippen LogP contribution in [-0.2, 0) is 6.54 Å². The summed E-state index contributed by atoms with van der Waals surface area (Å²) >= 11 is 0. The Bertz CT molecular complexity index is 355. The largest absolute Gasteiger partial charge is 0.309 e. The van der Waals surface area contributed by atoms with Crippen molar-refractivity contribution in [2.24, 2.45) is 11.8 Å². The quantitative estimate of drug-likeness (QED) is 0.818. The van der Waals surface area contributed by atoms with Gasteiger partial charge in [0.1, 0.15) is 0 Å². The van der Waals surface area contributed by atoms with E-state index in [1.165, 1.54) is 36.8 Å². The van der Waals surface area contributed by atoms with E-state index in [2.05, 4.69) is 23.3 Å². The molecule has 2 heteroatoms. The number of rotatable bonds is 5. The third-order valence-corrected chi connectivity index (χ3v) is 3.94. The molecule has 0 aromatic carbocycles. The van der Waals surface area contributed by atoms with Crippen molar-refractivity contribution in [1.29, 1.82) is 0 Å². The number of pyridine rings is 1. The summed E-state index contributed by atoms with van der Waals surface area (Å²) in [4.78, 5) is 4.20. The van der Waals surface area contributed by atoms with Crippen LogP contribution in [0.15, 0.2) is 18.5 Å². The summed E-state index contributed by atoms with van der Waals surface area (Å²) in [5.41, 5.74) is 2.71. The Morgan fingerprint density at radius 3 is 2.56 bits per heavy atom. The van der Waals surface area contributed by atoms with E-state index in [-0.39, 0.29) is 0 Å². The lowest BCUT2D eigenvalue weighted by Gasteiger charge is -2.18. The highest BCUT2D eigenvalue weighted by atomic mass is 14.9. The van der Waals surface area contributed by atoms with E-state index in [1.54, 1.807) is 0 Å². The van der Waals surface area contributed by atoms with Crippen LogP contribution in [0.1, 0.15) is 36.8 Å². The molecule has 2 aliphatic carbocycles. The molecule has 0 amide bonds. The fourth-order valence-corrected chi connectivity index (χ4v) is 2.54.